The normalized spacial score (nSPS) is 18.1. The molecule has 3 aromatic rings. The Labute approximate surface area is 174 Å². The van der Waals surface area contributed by atoms with E-state index in [1.807, 2.05) is 48.5 Å². The minimum Gasteiger partial charge on any atom is -0.305 e. The molecule has 2 aliphatic rings. The van der Waals surface area contributed by atoms with Crippen LogP contribution in [-0.2, 0) is 33.5 Å². The van der Waals surface area contributed by atoms with Crippen LogP contribution in [0.2, 0.25) is 0 Å². The number of benzene rings is 2. The maximum Gasteiger partial charge on any atom is 0.240 e. The number of alkyl halides is 1. The molecule has 30 heavy (non-hydrogen) atoms. The first-order valence-electron chi connectivity index (χ1n) is 9.63. The van der Waals surface area contributed by atoms with Crippen LogP contribution < -0.4 is 4.90 Å². The number of fused-ring (bicyclic) bond motifs is 3. The third-order valence-corrected chi connectivity index (χ3v) is 7.36. The van der Waals surface area contributed by atoms with E-state index < -0.39 is 22.1 Å². The highest BCUT2D eigenvalue weighted by Crippen LogP contribution is 2.48. The molecule has 154 valence electrons. The van der Waals surface area contributed by atoms with Gasteiger partial charge in [0.15, 0.2) is 0 Å². The molecule has 0 unspecified atom stereocenters. The van der Waals surface area contributed by atoms with Gasteiger partial charge in [-0.1, -0.05) is 42.5 Å². The van der Waals surface area contributed by atoms with Crippen LogP contribution in [0.15, 0.2) is 54.7 Å². The van der Waals surface area contributed by atoms with Crippen LogP contribution in [0, 0.1) is 0 Å². The van der Waals surface area contributed by atoms with Crippen molar-refractivity contribution in [1.82, 2.24) is 9.29 Å². The zero-order valence-electron chi connectivity index (χ0n) is 16.4. The number of carbonyl (C=O) groups excluding carboxylic acids is 1. The van der Waals surface area contributed by atoms with E-state index >= 15 is 0 Å². The number of aromatic nitrogens is 1. The number of hydrogen-bond acceptors (Lipinski definition) is 4. The van der Waals surface area contributed by atoms with E-state index in [1.165, 1.54) is 4.31 Å². The predicted octanol–water partition coefficient (Wildman–Crippen LogP) is 2.76. The molecular weight excluding hydrogens is 405 g/mol. The molecule has 2 aliphatic heterocycles. The summed E-state index contributed by atoms with van der Waals surface area (Å²) in [6.07, 6.45) is 2.84. The zero-order chi connectivity index (χ0) is 21.1. The van der Waals surface area contributed by atoms with Crippen molar-refractivity contribution >= 4 is 32.4 Å². The van der Waals surface area contributed by atoms with Gasteiger partial charge in [0, 0.05) is 35.9 Å². The van der Waals surface area contributed by atoms with E-state index in [4.69, 9.17) is 0 Å². The van der Waals surface area contributed by atoms with E-state index in [-0.39, 0.29) is 25.5 Å². The Morgan fingerprint density at radius 1 is 1.10 bits per heavy atom. The monoisotopic (exact) mass is 425 g/mol. The van der Waals surface area contributed by atoms with Gasteiger partial charge in [-0.2, -0.15) is 4.31 Å². The van der Waals surface area contributed by atoms with Crippen LogP contribution in [0.1, 0.15) is 16.8 Å². The van der Waals surface area contributed by atoms with E-state index in [1.54, 1.807) is 11.1 Å². The molecule has 0 radical (unpaired) electrons. The van der Waals surface area contributed by atoms with Crippen molar-refractivity contribution in [3.8, 4) is 0 Å². The van der Waals surface area contributed by atoms with Crippen LogP contribution in [-0.4, -0.2) is 43.0 Å². The Morgan fingerprint density at radius 2 is 1.80 bits per heavy atom. The van der Waals surface area contributed by atoms with Gasteiger partial charge in [-0.05, 0) is 17.0 Å². The highest BCUT2D eigenvalue weighted by atomic mass is 32.2. The van der Waals surface area contributed by atoms with Crippen molar-refractivity contribution in [3.63, 3.8) is 0 Å². The molecule has 1 fully saturated rings. The summed E-state index contributed by atoms with van der Waals surface area (Å²) in [7, 11) is -3.37. The summed E-state index contributed by atoms with van der Waals surface area (Å²) in [5, 5.41) is 1.63. The van der Waals surface area contributed by atoms with Crippen molar-refractivity contribution in [2.24, 2.45) is 0 Å². The summed E-state index contributed by atoms with van der Waals surface area (Å²) in [5.74, 6) is -0.164. The van der Waals surface area contributed by atoms with Crippen LogP contribution in [0.5, 0.6) is 0 Å². The Balaban J connectivity index is 1.55. The number of amides is 1. The fourth-order valence-corrected chi connectivity index (χ4v) is 5.46. The summed E-state index contributed by atoms with van der Waals surface area (Å²) in [6.45, 7) is -0.292. The number of sulfonamides is 1. The molecule has 1 amide bonds. The molecule has 6 nitrogen and oxygen atoms in total. The topological polar surface area (TPSA) is 70.6 Å². The van der Waals surface area contributed by atoms with Gasteiger partial charge in [-0.3, -0.25) is 9.78 Å². The van der Waals surface area contributed by atoms with E-state index in [0.29, 0.717) is 11.3 Å². The third kappa shape index (κ3) is 2.67. The SMILES string of the molecule is CS(=O)(=O)N1CC2(C1)C(=O)N(Cc1ncc3ccccc3c1CF)c1ccccc12. The molecule has 5 rings (SSSR count). The van der Waals surface area contributed by atoms with Gasteiger partial charge < -0.3 is 4.90 Å². The smallest absolute Gasteiger partial charge is 0.240 e. The number of carbonyl (C=O) groups is 1. The molecule has 0 bridgehead atoms. The zero-order valence-corrected chi connectivity index (χ0v) is 17.2. The van der Waals surface area contributed by atoms with Crippen LogP contribution >= 0.6 is 0 Å². The molecule has 0 atom stereocenters. The molecule has 3 heterocycles. The van der Waals surface area contributed by atoms with Crippen LogP contribution in [0.25, 0.3) is 10.8 Å². The summed E-state index contributed by atoms with van der Waals surface area (Å²) < 4.78 is 39.1. The van der Waals surface area contributed by atoms with E-state index in [2.05, 4.69) is 4.98 Å². The Kier molecular flexibility index (Phi) is 4.20. The summed E-state index contributed by atoms with van der Waals surface area (Å²) in [4.78, 5) is 19.6. The molecule has 1 aromatic heterocycles. The first kappa shape index (κ1) is 19.1. The van der Waals surface area contributed by atoms with Gasteiger partial charge in [0.2, 0.25) is 15.9 Å². The molecule has 0 N–H and O–H groups in total. The Hall–Kier alpha value is -2.84. The second-order valence-corrected chi connectivity index (χ2v) is 9.91. The first-order chi connectivity index (χ1) is 14.3. The number of para-hydroxylation sites is 1. The van der Waals surface area contributed by atoms with Gasteiger partial charge in [0.25, 0.3) is 0 Å². The van der Waals surface area contributed by atoms with E-state index in [9.17, 15) is 17.6 Å². The van der Waals surface area contributed by atoms with Gasteiger partial charge in [0.1, 0.15) is 12.1 Å². The van der Waals surface area contributed by atoms with Crippen molar-refractivity contribution in [2.45, 2.75) is 18.6 Å². The second kappa shape index (κ2) is 6.58. The van der Waals surface area contributed by atoms with Crippen LogP contribution in [0.4, 0.5) is 10.1 Å². The first-order valence-corrected chi connectivity index (χ1v) is 11.5. The third-order valence-electron chi connectivity index (χ3n) is 6.16. The molecule has 1 spiro atoms. The lowest BCUT2D eigenvalue weighted by atomic mass is 9.76. The average Bonchev–Trinajstić information content (AvgIpc) is 2.94. The molecule has 1 saturated heterocycles. The van der Waals surface area contributed by atoms with Crippen LogP contribution in [0.3, 0.4) is 0 Å². The molecule has 0 aliphatic carbocycles. The molecule has 8 heteroatoms. The van der Waals surface area contributed by atoms with Gasteiger partial charge in [-0.15, -0.1) is 0 Å². The number of hydrogen-bond donors (Lipinski definition) is 0. The summed E-state index contributed by atoms with van der Waals surface area (Å²) in [5.41, 5.74) is 1.65. The quantitative estimate of drug-likeness (QED) is 0.645. The molecule has 2 aromatic carbocycles. The molecular formula is C22H20FN3O3S. The number of nitrogens with zero attached hydrogens (tertiary/aromatic N) is 3. The standard InChI is InChI=1S/C22H20FN3O3S/c1-30(28,29)25-13-22(14-25)18-8-4-5-9-20(18)26(21(22)27)12-19-17(10-23)16-7-3-2-6-15(16)11-24-19/h2-9,11H,10,12-14H2,1H3. The fourth-order valence-electron chi connectivity index (χ4n) is 4.55. The highest BCUT2D eigenvalue weighted by Gasteiger charge is 2.59. The lowest BCUT2D eigenvalue weighted by Crippen LogP contribution is -2.64. The average molecular weight is 425 g/mol. The lowest BCUT2D eigenvalue weighted by molar-refractivity contribution is -0.127. The van der Waals surface area contributed by atoms with Crippen molar-refractivity contribution in [2.75, 3.05) is 24.2 Å². The minimum absolute atomic E-state index is 0.124. The fraction of sp³-hybridized carbons (Fsp3) is 0.273. The summed E-state index contributed by atoms with van der Waals surface area (Å²) >= 11 is 0. The van der Waals surface area contributed by atoms with Gasteiger partial charge >= 0.3 is 0 Å². The molecule has 0 saturated carbocycles. The number of pyridine rings is 1. The van der Waals surface area contributed by atoms with Crippen molar-refractivity contribution < 1.29 is 17.6 Å². The Morgan fingerprint density at radius 3 is 2.53 bits per heavy atom. The number of halogens is 1. The van der Waals surface area contributed by atoms with Gasteiger partial charge in [-0.25, -0.2) is 12.8 Å². The maximum absolute atomic E-state index is 14.0. The highest BCUT2D eigenvalue weighted by molar-refractivity contribution is 7.88. The summed E-state index contributed by atoms with van der Waals surface area (Å²) in [6, 6.07) is 14.9. The number of rotatable bonds is 4. The van der Waals surface area contributed by atoms with Gasteiger partial charge in [0.05, 0.1) is 18.5 Å². The maximum atomic E-state index is 14.0. The lowest BCUT2D eigenvalue weighted by Gasteiger charge is -2.45. The Bertz CT molecular complexity index is 1290. The van der Waals surface area contributed by atoms with Crippen molar-refractivity contribution in [1.29, 1.82) is 0 Å². The van der Waals surface area contributed by atoms with Crippen molar-refractivity contribution in [3.05, 3.63) is 71.5 Å². The predicted molar refractivity (Wildman–Crippen MR) is 112 cm³/mol. The van der Waals surface area contributed by atoms with E-state index in [0.717, 1.165) is 28.3 Å². The second-order valence-electron chi connectivity index (χ2n) is 7.93. The largest absolute Gasteiger partial charge is 0.305 e. The number of anilines is 1. The minimum atomic E-state index is -3.37.